The molecule has 0 aromatic heterocycles. The zero-order valence-corrected chi connectivity index (χ0v) is 13.9. The Morgan fingerprint density at radius 1 is 1.38 bits per heavy atom. The zero-order chi connectivity index (χ0) is 14.8. The number of carbonyl (C=O) groups excluding carboxylic acids is 1. The Labute approximate surface area is 134 Å². The Morgan fingerprint density at radius 3 is 2.95 bits per heavy atom. The number of nitrogens with zero attached hydrogens (tertiary/aromatic N) is 1. The maximum atomic E-state index is 12.9. The molecule has 0 bridgehead atoms. The summed E-state index contributed by atoms with van der Waals surface area (Å²) in [5.41, 5.74) is 0.658. The third-order valence-electron chi connectivity index (χ3n) is 4.52. The average molecular weight is 353 g/mol. The van der Waals surface area contributed by atoms with E-state index in [1.165, 1.54) is 12.8 Å². The molecule has 1 N–H and O–H groups in total. The number of likely N-dealkylation sites (tertiary alicyclic amines) is 1. The Kier molecular flexibility index (Phi) is 4.50. The molecule has 21 heavy (non-hydrogen) atoms. The maximum Gasteiger partial charge on any atom is 0.257 e. The van der Waals surface area contributed by atoms with Crippen molar-refractivity contribution in [3.8, 4) is 5.75 Å². The van der Waals surface area contributed by atoms with E-state index in [9.17, 15) is 4.79 Å². The van der Waals surface area contributed by atoms with Gasteiger partial charge in [0.2, 0.25) is 0 Å². The molecule has 2 unspecified atom stereocenters. The second-order valence-electron chi connectivity index (χ2n) is 5.76. The van der Waals surface area contributed by atoms with Gasteiger partial charge in [-0.25, -0.2) is 0 Å². The number of carbonyl (C=O) groups is 1. The first-order valence-electron chi connectivity index (χ1n) is 7.58. The molecule has 1 aromatic carbocycles. The van der Waals surface area contributed by atoms with Gasteiger partial charge in [0, 0.05) is 23.1 Å². The summed E-state index contributed by atoms with van der Waals surface area (Å²) in [6.45, 7) is 1.92. The highest BCUT2D eigenvalue weighted by Crippen LogP contribution is 2.30. The Hall–Kier alpha value is -1.07. The molecular formula is C16H21BrN2O2. The van der Waals surface area contributed by atoms with E-state index in [4.69, 9.17) is 4.74 Å². The molecule has 4 nitrogen and oxygen atoms in total. The number of hydrogen-bond acceptors (Lipinski definition) is 3. The summed E-state index contributed by atoms with van der Waals surface area (Å²) in [4.78, 5) is 14.9. The predicted octanol–water partition coefficient (Wildman–Crippen LogP) is 2.81. The molecule has 1 aromatic rings. The van der Waals surface area contributed by atoms with Crippen molar-refractivity contribution in [3.05, 3.63) is 28.2 Å². The van der Waals surface area contributed by atoms with E-state index in [1.807, 2.05) is 23.1 Å². The van der Waals surface area contributed by atoms with Crippen molar-refractivity contribution in [2.45, 2.75) is 37.8 Å². The number of ether oxygens (including phenoxy) is 1. The van der Waals surface area contributed by atoms with Gasteiger partial charge in [-0.05, 0) is 50.4 Å². The van der Waals surface area contributed by atoms with Gasteiger partial charge in [0.05, 0.1) is 12.7 Å². The van der Waals surface area contributed by atoms with Gasteiger partial charge in [-0.15, -0.1) is 0 Å². The van der Waals surface area contributed by atoms with Crippen LogP contribution in [0, 0.1) is 0 Å². The van der Waals surface area contributed by atoms with Gasteiger partial charge < -0.3 is 15.0 Å². The van der Waals surface area contributed by atoms with E-state index in [1.54, 1.807) is 7.11 Å². The van der Waals surface area contributed by atoms with Crippen molar-refractivity contribution in [2.75, 3.05) is 20.2 Å². The second kappa shape index (κ2) is 6.36. The van der Waals surface area contributed by atoms with E-state index < -0.39 is 0 Å². The highest BCUT2D eigenvalue weighted by atomic mass is 79.9. The first-order chi connectivity index (χ1) is 10.2. The van der Waals surface area contributed by atoms with E-state index in [2.05, 4.69) is 21.2 Å². The zero-order valence-electron chi connectivity index (χ0n) is 12.3. The fraction of sp³-hybridized carbons (Fsp3) is 0.562. The molecule has 2 atom stereocenters. The van der Waals surface area contributed by atoms with Crippen LogP contribution < -0.4 is 10.1 Å². The maximum absolute atomic E-state index is 12.9. The first-order valence-corrected chi connectivity index (χ1v) is 8.38. The number of hydrogen-bond donors (Lipinski definition) is 1. The van der Waals surface area contributed by atoms with E-state index >= 15 is 0 Å². The highest BCUT2D eigenvalue weighted by Gasteiger charge is 2.36. The summed E-state index contributed by atoms with van der Waals surface area (Å²) in [5, 5.41) is 3.54. The van der Waals surface area contributed by atoms with Crippen LogP contribution in [-0.4, -0.2) is 43.1 Å². The lowest BCUT2D eigenvalue weighted by molar-refractivity contribution is 0.0708. The molecular weight excluding hydrogens is 332 g/mol. The van der Waals surface area contributed by atoms with Crippen molar-refractivity contribution in [1.29, 1.82) is 0 Å². The summed E-state index contributed by atoms with van der Waals surface area (Å²) in [6.07, 6.45) is 4.58. The van der Waals surface area contributed by atoms with Gasteiger partial charge in [0.15, 0.2) is 0 Å². The van der Waals surface area contributed by atoms with Gasteiger partial charge >= 0.3 is 0 Å². The van der Waals surface area contributed by atoms with Gasteiger partial charge in [-0.3, -0.25) is 4.79 Å². The molecule has 2 fully saturated rings. The van der Waals surface area contributed by atoms with E-state index in [-0.39, 0.29) is 5.91 Å². The van der Waals surface area contributed by atoms with Crippen molar-refractivity contribution in [3.63, 3.8) is 0 Å². The summed E-state index contributed by atoms with van der Waals surface area (Å²) >= 11 is 3.42. The molecule has 2 saturated heterocycles. The van der Waals surface area contributed by atoms with Crippen LogP contribution in [-0.2, 0) is 0 Å². The molecule has 2 aliphatic heterocycles. The molecule has 3 rings (SSSR count). The Balaban J connectivity index is 1.83. The number of amides is 1. The molecule has 0 saturated carbocycles. The Morgan fingerprint density at radius 2 is 2.24 bits per heavy atom. The third kappa shape index (κ3) is 2.94. The minimum atomic E-state index is 0.0931. The molecule has 0 aliphatic carbocycles. The lowest BCUT2D eigenvalue weighted by Gasteiger charge is -2.30. The molecule has 0 radical (unpaired) electrons. The first kappa shape index (κ1) is 14.9. The number of methoxy groups -OCH3 is 1. The molecule has 2 heterocycles. The largest absolute Gasteiger partial charge is 0.496 e. The average Bonchev–Trinajstić information content (AvgIpc) is 3.16. The van der Waals surface area contributed by atoms with Crippen LogP contribution in [0.25, 0.3) is 0 Å². The third-order valence-corrected chi connectivity index (χ3v) is 5.01. The normalized spacial score (nSPS) is 25.3. The van der Waals surface area contributed by atoms with Gasteiger partial charge in [-0.1, -0.05) is 15.9 Å². The summed E-state index contributed by atoms with van der Waals surface area (Å²) < 4.78 is 6.30. The minimum Gasteiger partial charge on any atom is -0.496 e. The number of halogens is 1. The lowest BCUT2D eigenvalue weighted by Crippen LogP contribution is -2.46. The number of benzene rings is 1. The second-order valence-corrected chi connectivity index (χ2v) is 6.67. The van der Waals surface area contributed by atoms with Crippen LogP contribution in [0.15, 0.2) is 22.7 Å². The fourth-order valence-corrected chi connectivity index (χ4v) is 3.84. The number of nitrogens with one attached hydrogen (secondary N) is 1. The fourth-order valence-electron chi connectivity index (χ4n) is 3.50. The lowest BCUT2D eigenvalue weighted by atomic mass is 10.0. The number of rotatable bonds is 3. The van der Waals surface area contributed by atoms with Crippen LogP contribution in [0.2, 0.25) is 0 Å². The highest BCUT2D eigenvalue weighted by molar-refractivity contribution is 9.10. The van der Waals surface area contributed by atoms with Crippen molar-refractivity contribution in [2.24, 2.45) is 0 Å². The van der Waals surface area contributed by atoms with Crippen LogP contribution >= 0.6 is 15.9 Å². The topological polar surface area (TPSA) is 41.6 Å². The molecule has 5 heteroatoms. The van der Waals surface area contributed by atoms with Crippen LogP contribution in [0.1, 0.15) is 36.0 Å². The van der Waals surface area contributed by atoms with Crippen LogP contribution in [0.3, 0.4) is 0 Å². The quantitative estimate of drug-likeness (QED) is 0.909. The van der Waals surface area contributed by atoms with Crippen LogP contribution in [0.5, 0.6) is 5.75 Å². The van der Waals surface area contributed by atoms with Crippen molar-refractivity contribution >= 4 is 21.8 Å². The van der Waals surface area contributed by atoms with Gasteiger partial charge in [0.25, 0.3) is 5.91 Å². The smallest absolute Gasteiger partial charge is 0.257 e. The predicted molar refractivity (Wildman–Crippen MR) is 85.8 cm³/mol. The molecule has 114 valence electrons. The minimum absolute atomic E-state index is 0.0931. The standard InChI is InChI=1S/C16H21BrN2O2/c1-21-15-10-11(17)6-7-12(15)16(20)19-9-3-5-14(19)13-4-2-8-18-13/h6-7,10,13-14,18H,2-5,8-9H2,1H3. The monoisotopic (exact) mass is 352 g/mol. The molecule has 2 aliphatic rings. The SMILES string of the molecule is COc1cc(Br)ccc1C(=O)N1CCCC1C1CCCN1. The summed E-state index contributed by atoms with van der Waals surface area (Å²) in [6, 6.07) is 6.38. The van der Waals surface area contributed by atoms with Crippen LogP contribution in [0.4, 0.5) is 0 Å². The summed E-state index contributed by atoms with van der Waals surface area (Å²) in [7, 11) is 1.61. The van der Waals surface area contributed by atoms with Crippen molar-refractivity contribution in [1.82, 2.24) is 10.2 Å². The molecule has 1 amide bonds. The Bertz CT molecular complexity index is 529. The van der Waals surface area contributed by atoms with Gasteiger partial charge in [0.1, 0.15) is 5.75 Å². The molecule has 0 spiro atoms. The van der Waals surface area contributed by atoms with E-state index in [0.717, 1.165) is 30.4 Å². The van der Waals surface area contributed by atoms with Gasteiger partial charge in [-0.2, -0.15) is 0 Å². The van der Waals surface area contributed by atoms with Crippen molar-refractivity contribution < 1.29 is 9.53 Å². The van der Waals surface area contributed by atoms with E-state index in [0.29, 0.717) is 23.4 Å². The summed E-state index contributed by atoms with van der Waals surface area (Å²) in [5.74, 6) is 0.731.